The van der Waals surface area contributed by atoms with Crippen molar-refractivity contribution in [2.45, 2.75) is 38.5 Å². The molecule has 2 aromatic rings. The van der Waals surface area contributed by atoms with Gasteiger partial charge in [0.2, 0.25) is 15.9 Å². The minimum absolute atomic E-state index is 0.0347. The van der Waals surface area contributed by atoms with Gasteiger partial charge in [-0.2, -0.15) is 4.31 Å². The fourth-order valence-corrected chi connectivity index (χ4v) is 5.59. The van der Waals surface area contributed by atoms with E-state index in [1.54, 1.807) is 4.90 Å². The number of piperidine rings is 1. The lowest BCUT2D eigenvalue weighted by atomic mass is 9.96. The van der Waals surface area contributed by atoms with Gasteiger partial charge in [-0.05, 0) is 57.9 Å². The maximum atomic E-state index is 13.9. The van der Waals surface area contributed by atoms with Crippen LogP contribution in [0, 0.1) is 24.5 Å². The molecule has 1 aliphatic heterocycles. The summed E-state index contributed by atoms with van der Waals surface area (Å²) >= 11 is 0. The first-order valence-corrected chi connectivity index (χ1v) is 12.0. The van der Waals surface area contributed by atoms with Crippen molar-refractivity contribution >= 4 is 28.1 Å². The second-order valence-corrected chi connectivity index (χ2v) is 9.52. The van der Waals surface area contributed by atoms with Crippen LogP contribution >= 0.6 is 0 Å². The number of carbonyl (C=O) groups excluding carboxylic acids is 1. The Kier molecular flexibility index (Phi) is 7.45. The van der Waals surface area contributed by atoms with Crippen LogP contribution in [0.15, 0.2) is 27.6 Å². The molecule has 1 saturated heterocycles. The lowest BCUT2D eigenvalue weighted by molar-refractivity contribution is -0.136. The Morgan fingerprint density at radius 1 is 1.22 bits per heavy atom. The Morgan fingerprint density at radius 3 is 2.47 bits per heavy atom. The average Bonchev–Trinajstić information content (AvgIpc) is 3.15. The van der Waals surface area contributed by atoms with Gasteiger partial charge in [0.15, 0.2) is 10.7 Å². The van der Waals surface area contributed by atoms with Crippen molar-refractivity contribution < 1.29 is 26.5 Å². The van der Waals surface area contributed by atoms with E-state index in [4.69, 9.17) is 4.52 Å². The number of aromatic nitrogens is 1. The SMILES string of the molecule is CCN(CC)C(=O)C1CCN(S(=O)(=O)c2c(C)noc2/C=C/c2ccc(F)cc2F)CC1. The van der Waals surface area contributed by atoms with E-state index in [2.05, 4.69) is 5.16 Å². The minimum atomic E-state index is -3.93. The zero-order valence-corrected chi connectivity index (χ0v) is 19.2. The van der Waals surface area contributed by atoms with Gasteiger partial charge in [-0.1, -0.05) is 5.16 Å². The highest BCUT2D eigenvalue weighted by Gasteiger charge is 2.36. The highest BCUT2D eigenvalue weighted by molar-refractivity contribution is 7.89. The van der Waals surface area contributed by atoms with Gasteiger partial charge in [0.25, 0.3) is 0 Å². The Balaban J connectivity index is 1.79. The number of amides is 1. The lowest BCUT2D eigenvalue weighted by Crippen LogP contribution is -2.44. The number of benzene rings is 1. The summed E-state index contributed by atoms with van der Waals surface area (Å²) in [5, 5.41) is 3.77. The quantitative estimate of drug-likeness (QED) is 0.620. The van der Waals surface area contributed by atoms with Crippen LogP contribution in [0.3, 0.4) is 0 Å². The predicted molar refractivity (Wildman–Crippen MR) is 116 cm³/mol. The molecule has 1 aliphatic rings. The molecule has 1 fully saturated rings. The van der Waals surface area contributed by atoms with E-state index < -0.39 is 21.7 Å². The fraction of sp³-hybridized carbons (Fsp3) is 0.455. The largest absolute Gasteiger partial charge is 0.355 e. The summed E-state index contributed by atoms with van der Waals surface area (Å²) in [5.41, 5.74) is 0.269. The maximum absolute atomic E-state index is 13.9. The van der Waals surface area contributed by atoms with Gasteiger partial charge in [-0.15, -0.1) is 0 Å². The molecule has 1 aromatic carbocycles. The average molecular weight is 468 g/mol. The Bertz CT molecular complexity index is 1100. The molecular formula is C22H27F2N3O4S. The molecule has 0 aliphatic carbocycles. The van der Waals surface area contributed by atoms with Gasteiger partial charge in [0, 0.05) is 43.7 Å². The molecule has 3 rings (SSSR count). The Morgan fingerprint density at radius 2 is 1.88 bits per heavy atom. The monoisotopic (exact) mass is 467 g/mol. The lowest BCUT2D eigenvalue weighted by Gasteiger charge is -2.33. The molecule has 0 radical (unpaired) electrons. The maximum Gasteiger partial charge on any atom is 0.248 e. The summed E-state index contributed by atoms with van der Waals surface area (Å²) in [5.74, 6) is -1.67. The number of hydrogen-bond donors (Lipinski definition) is 0. The minimum Gasteiger partial charge on any atom is -0.355 e. The summed E-state index contributed by atoms with van der Waals surface area (Å²) in [6.07, 6.45) is 3.48. The molecule has 10 heteroatoms. The molecule has 0 bridgehead atoms. The number of aryl methyl sites for hydroxylation is 1. The normalized spacial score (nSPS) is 16.0. The van der Waals surface area contributed by atoms with Crippen LogP contribution in [0.5, 0.6) is 0 Å². The summed E-state index contributed by atoms with van der Waals surface area (Å²) in [4.78, 5) is 14.3. The first-order valence-electron chi connectivity index (χ1n) is 10.6. The number of nitrogens with zero attached hydrogens (tertiary/aromatic N) is 3. The van der Waals surface area contributed by atoms with Crippen molar-refractivity contribution in [1.82, 2.24) is 14.4 Å². The van der Waals surface area contributed by atoms with Gasteiger partial charge in [-0.25, -0.2) is 17.2 Å². The van der Waals surface area contributed by atoms with E-state index in [9.17, 15) is 22.0 Å². The number of sulfonamides is 1. The summed E-state index contributed by atoms with van der Waals surface area (Å²) < 4.78 is 60.1. The van der Waals surface area contributed by atoms with E-state index >= 15 is 0 Å². The van der Waals surface area contributed by atoms with Crippen molar-refractivity contribution in [3.8, 4) is 0 Å². The van der Waals surface area contributed by atoms with E-state index in [1.165, 1.54) is 29.4 Å². The summed E-state index contributed by atoms with van der Waals surface area (Å²) in [6.45, 7) is 7.02. The number of carbonyl (C=O) groups is 1. The van der Waals surface area contributed by atoms with Gasteiger partial charge < -0.3 is 9.42 Å². The first kappa shape index (κ1) is 24.1. The van der Waals surface area contributed by atoms with E-state index in [0.29, 0.717) is 25.9 Å². The number of halogens is 2. The molecule has 0 saturated carbocycles. The molecule has 0 atom stereocenters. The molecule has 0 unspecified atom stereocenters. The van der Waals surface area contributed by atoms with Gasteiger partial charge in [0.05, 0.1) is 0 Å². The highest BCUT2D eigenvalue weighted by atomic mass is 32.2. The smallest absolute Gasteiger partial charge is 0.248 e. The molecular weight excluding hydrogens is 440 g/mol. The van der Waals surface area contributed by atoms with Crippen LogP contribution in [0.1, 0.15) is 43.7 Å². The zero-order valence-electron chi connectivity index (χ0n) is 18.3. The fourth-order valence-electron chi connectivity index (χ4n) is 3.87. The van der Waals surface area contributed by atoms with E-state index in [1.807, 2.05) is 13.8 Å². The molecule has 2 heterocycles. The molecule has 1 aromatic heterocycles. The third-order valence-corrected chi connectivity index (χ3v) is 7.74. The molecule has 32 heavy (non-hydrogen) atoms. The second kappa shape index (κ2) is 9.91. The van der Waals surface area contributed by atoms with Crippen molar-refractivity contribution in [1.29, 1.82) is 0 Å². The van der Waals surface area contributed by atoms with Crippen molar-refractivity contribution in [2.75, 3.05) is 26.2 Å². The third kappa shape index (κ3) is 4.91. The third-order valence-electron chi connectivity index (χ3n) is 5.69. The van der Waals surface area contributed by atoms with Crippen molar-refractivity contribution in [3.63, 3.8) is 0 Å². The van der Waals surface area contributed by atoms with Crippen LogP contribution in [-0.4, -0.2) is 54.9 Å². The first-order chi connectivity index (χ1) is 15.2. The van der Waals surface area contributed by atoms with Crippen LogP contribution in [-0.2, 0) is 14.8 Å². The highest BCUT2D eigenvalue weighted by Crippen LogP contribution is 2.30. The zero-order chi connectivity index (χ0) is 23.5. The number of hydrogen-bond acceptors (Lipinski definition) is 5. The Labute approximate surface area is 186 Å². The van der Waals surface area contributed by atoms with Crippen LogP contribution < -0.4 is 0 Å². The summed E-state index contributed by atoms with van der Waals surface area (Å²) in [6, 6.07) is 3.10. The van der Waals surface area contributed by atoms with Gasteiger partial charge in [0.1, 0.15) is 17.3 Å². The molecule has 7 nitrogen and oxygen atoms in total. The summed E-state index contributed by atoms with van der Waals surface area (Å²) in [7, 11) is -3.93. The van der Waals surface area contributed by atoms with Crippen LogP contribution in [0.4, 0.5) is 8.78 Å². The molecule has 0 N–H and O–H groups in total. The molecule has 174 valence electrons. The van der Waals surface area contributed by atoms with Crippen LogP contribution in [0.2, 0.25) is 0 Å². The Hall–Kier alpha value is -2.59. The standard InChI is InChI=1S/C22H27F2N3O4S/c1-4-26(5-2)22(28)17-10-12-27(13-11-17)32(29,30)21-15(3)25-31-20(21)9-7-16-6-8-18(23)14-19(16)24/h6-9,14,17H,4-5,10-13H2,1-3H3/b9-7+. The molecule has 0 spiro atoms. The van der Waals surface area contributed by atoms with E-state index in [0.717, 1.165) is 12.1 Å². The van der Waals surface area contributed by atoms with Gasteiger partial charge in [-0.3, -0.25) is 4.79 Å². The predicted octanol–water partition coefficient (Wildman–Crippen LogP) is 3.70. The van der Waals surface area contributed by atoms with Gasteiger partial charge >= 0.3 is 0 Å². The van der Waals surface area contributed by atoms with E-state index in [-0.39, 0.29) is 46.8 Å². The topological polar surface area (TPSA) is 83.7 Å². The molecule has 1 amide bonds. The van der Waals surface area contributed by atoms with Crippen molar-refractivity contribution in [3.05, 3.63) is 46.9 Å². The van der Waals surface area contributed by atoms with Crippen molar-refractivity contribution in [2.24, 2.45) is 5.92 Å². The second-order valence-electron chi connectivity index (χ2n) is 7.65. The number of rotatable bonds is 7. The van der Waals surface area contributed by atoms with Crippen LogP contribution in [0.25, 0.3) is 12.2 Å².